The molecule has 156 valence electrons. The highest BCUT2D eigenvalue weighted by atomic mass is 16.5. The number of hydrogen-bond donors (Lipinski definition) is 2. The highest BCUT2D eigenvalue weighted by Crippen LogP contribution is 2.33. The second-order valence-corrected chi connectivity index (χ2v) is 7.52. The molecule has 7 heteroatoms. The Hall–Kier alpha value is -2.67. The van der Waals surface area contributed by atoms with Gasteiger partial charge in [-0.05, 0) is 43.0 Å². The highest BCUT2D eigenvalue weighted by molar-refractivity contribution is 5.94. The number of rotatable bonds is 8. The van der Waals surface area contributed by atoms with Crippen LogP contribution in [0.3, 0.4) is 0 Å². The van der Waals surface area contributed by atoms with E-state index < -0.39 is 0 Å². The van der Waals surface area contributed by atoms with Gasteiger partial charge in [0.15, 0.2) is 17.5 Å². The van der Waals surface area contributed by atoms with Gasteiger partial charge in [-0.2, -0.15) is 0 Å². The van der Waals surface area contributed by atoms with Crippen LogP contribution >= 0.6 is 0 Å². The maximum absolute atomic E-state index is 5.79. The number of guanidine groups is 1. The molecule has 4 rings (SSSR count). The first kappa shape index (κ1) is 19.6. The molecular weight excluding hydrogens is 370 g/mol. The van der Waals surface area contributed by atoms with Crippen LogP contribution in [0.25, 0.3) is 0 Å². The van der Waals surface area contributed by atoms with E-state index in [1.165, 1.54) is 6.42 Å². The van der Waals surface area contributed by atoms with Crippen LogP contribution in [0.2, 0.25) is 0 Å². The summed E-state index contributed by atoms with van der Waals surface area (Å²) in [6, 6.07) is 10.2. The fourth-order valence-corrected chi connectivity index (χ4v) is 3.12. The van der Waals surface area contributed by atoms with E-state index in [1.807, 2.05) is 30.3 Å². The van der Waals surface area contributed by atoms with Crippen LogP contribution in [0.4, 0.5) is 5.69 Å². The fourth-order valence-electron chi connectivity index (χ4n) is 3.12. The molecule has 1 aliphatic heterocycles. The number of ether oxygens (including phenoxy) is 3. The normalized spacial score (nSPS) is 20.8. The Morgan fingerprint density at radius 2 is 2.07 bits per heavy atom. The maximum Gasteiger partial charge on any atom is 0.196 e. The second-order valence-electron chi connectivity index (χ2n) is 7.52. The Morgan fingerprint density at radius 1 is 1.21 bits per heavy atom. The summed E-state index contributed by atoms with van der Waals surface area (Å²) in [6.45, 7) is 5.42. The van der Waals surface area contributed by atoms with Crippen LogP contribution < -0.4 is 20.1 Å². The largest absolute Gasteiger partial charge is 0.490 e. The van der Waals surface area contributed by atoms with Gasteiger partial charge in [0.05, 0.1) is 19.5 Å². The van der Waals surface area contributed by atoms with Crippen LogP contribution in [0.15, 0.2) is 46.0 Å². The van der Waals surface area contributed by atoms with E-state index >= 15 is 0 Å². The van der Waals surface area contributed by atoms with E-state index in [0.29, 0.717) is 44.9 Å². The Labute approximate surface area is 171 Å². The number of benzene rings is 1. The van der Waals surface area contributed by atoms with Gasteiger partial charge in [0, 0.05) is 37.4 Å². The van der Waals surface area contributed by atoms with Gasteiger partial charge < -0.3 is 29.3 Å². The number of hydrogen-bond acceptors (Lipinski definition) is 5. The first-order chi connectivity index (χ1) is 14.3. The molecule has 2 unspecified atom stereocenters. The molecule has 1 fully saturated rings. The van der Waals surface area contributed by atoms with Crippen molar-refractivity contribution >= 4 is 11.6 Å². The number of aliphatic imine (C=N–C) groups is 1. The average molecular weight is 399 g/mol. The molecule has 0 radical (unpaired) electrons. The predicted molar refractivity (Wildman–Crippen MR) is 112 cm³/mol. The molecule has 2 aliphatic rings. The van der Waals surface area contributed by atoms with Crippen molar-refractivity contribution < 1.29 is 18.6 Å². The number of nitrogens with one attached hydrogen (secondary N) is 2. The monoisotopic (exact) mass is 399 g/mol. The number of fused-ring (bicyclic) bond motifs is 1. The number of nitrogens with zero attached hydrogens (tertiary/aromatic N) is 1. The standard InChI is InChI=1S/C22H29N3O4/c1-16-13-19(16)25-22(23-8-3-9-26-15-18-5-2-10-27-18)24-17-6-7-20-21(14-17)29-12-4-11-28-20/h2,5-7,10,14,16,19H,3-4,8-9,11-13,15H2,1H3,(H2,23,24,25). The minimum absolute atomic E-state index is 0.483. The second kappa shape index (κ2) is 9.69. The smallest absolute Gasteiger partial charge is 0.196 e. The van der Waals surface area contributed by atoms with Crippen molar-refractivity contribution in [1.29, 1.82) is 0 Å². The van der Waals surface area contributed by atoms with Crippen molar-refractivity contribution in [3.05, 3.63) is 42.4 Å². The van der Waals surface area contributed by atoms with E-state index in [2.05, 4.69) is 17.6 Å². The first-order valence-corrected chi connectivity index (χ1v) is 10.4. The zero-order valence-electron chi connectivity index (χ0n) is 16.9. The Morgan fingerprint density at radius 3 is 2.86 bits per heavy atom. The zero-order chi connectivity index (χ0) is 19.9. The predicted octanol–water partition coefficient (Wildman–Crippen LogP) is 3.81. The van der Waals surface area contributed by atoms with E-state index in [-0.39, 0.29) is 0 Å². The molecule has 0 spiro atoms. The van der Waals surface area contributed by atoms with Gasteiger partial charge in [0.25, 0.3) is 0 Å². The van der Waals surface area contributed by atoms with Gasteiger partial charge in [-0.25, -0.2) is 0 Å². The lowest BCUT2D eigenvalue weighted by atomic mass is 10.2. The van der Waals surface area contributed by atoms with Gasteiger partial charge in [-0.15, -0.1) is 0 Å². The molecular formula is C22H29N3O4. The van der Waals surface area contributed by atoms with Gasteiger partial charge in [-0.1, -0.05) is 6.92 Å². The van der Waals surface area contributed by atoms with Gasteiger partial charge in [0.2, 0.25) is 0 Å². The molecule has 0 amide bonds. The SMILES string of the molecule is CC1CC1NC(=NCCCOCc1ccco1)Nc1ccc2c(c1)OCCCO2. The van der Waals surface area contributed by atoms with Crippen LogP contribution in [0.1, 0.15) is 31.9 Å². The molecule has 29 heavy (non-hydrogen) atoms. The van der Waals surface area contributed by atoms with Gasteiger partial charge in [-0.3, -0.25) is 4.99 Å². The van der Waals surface area contributed by atoms with Crippen LogP contribution in [0, 0.1) is 5.92 Å². The van der Waals surface area contributed by atoms with Crippen molar-refractivity contribution in [3.8, 4) is 11.5 Å². The van der Waals surface area contributed by atoms with E-state index in [9.17, 15) is 0 Å². The minimum atomic E-state index is 0.483. The summed E-state index contributed by atoms with van der Waals surface area (Å²) in [5.74, 6) is 3.89. The third-order valence-electron chi connectivity index (χ3n) is 4.98. The fraction of sp³-hybridized carbons (Fsp3) is 0.500. The molecule has 7 nitrogen and oxygen atoms in total. The maximum atomic E-state index is 5.79. The first-order valence-electron chi connectivity index (χ1n) is 10.4. The molecule has 2 atom stereocenters. The topological polar surface area (TPSA) is 77.3 Å². The van der Waals surface area contributed by atoms with Crippen LogP contribution in [0.5, 0.6) is 11.5 Å². The lowest BCUT2D eigenvalue weighted by Crippen LogP contribution is -2.33. The molecule has 0 saturated heterocycles. The van der Waals surface area contributed by atoms with E-state index in [0.717, 1.165) is 41.7 Å². The average Bonchev–Trinajstić information content (AvgIpc) is 3.25. The third kappa shape index (κ3) is 5.90. The van der Waals surface area contributed by atoms with Crippen molar-refractivity contribution in [1.82, 2.24) is 5.32 Å². The Kier molecular flexibility index (Phi) is 6.56. The molecule has 2 N–H and O–H groups in total. The molecule has 1 aromatic heterocycles. The third-order valence-corrected chi connectivity index (χ3v) is 4.98. The molecule has 2 heterocycles. The summed E-state index contributed by atoms with van der Waals surface area (Å²) in [6.07, 6.45) is 4.57. The van der Waals surface area contributed by atoms with Crippen molar-refractivity contribution in [2.45, 2.75) is 38.8 Å². The highest BCUT2D eigenvalue weighted by Gasteiger charge is 2.33. The quantitative estimate of drug-likeness (QED) is 0.399. The van der Waals surface area contributed by atoms with Gasteiger partial charge in [0.1, 0.15) is 12.4 Å². The van der Waals surface area contributed by atoms with Crippen LogP contribution in [-0.2, 0) is 11.3 Å². The lowest BCUT2D eigenvalue weighted by molar-refractivity contribution is 0.105. The molecule has 1 aliphatic carbocycles. The summed E-state index contributed by atoms with van der Waals surface area (Å²) in [7, 11) is 0. The summed E-state index contributed by atoms with van der Waals surface area (Å²) in [5, 5.41) is 6.91. The minimum Gasteiger partial charge on any atom is -0.490 e. The lowest BCUT2D eigenvalue weighted by Gasteiger charge is -2.14. The Balaban J connectivity index is 1.30. The molecule has 1 aromatic carbocycles. The molecule has 0 bridgehead atoms. The summed E-state index contributed by atoms with van der Waals surface area (Å²) >= 11 is 0. The van der Waals surface area contributed by atoms with Gasteiger partial charge >= 0.3 is 0 Å². The van der Waals surface area contributed by atoms with Crippen molar-refractivity contribution in [2.24, 2.45) is 10.9 Å². The van der Waals surface area contributed by atoms with Crippen LogP contribution in [-0.4, -0.2) is 38.4 Å². The Bertz CT molecular complexity index is 806. The van der Waals surface area contributed by atoms with Crippen molar-refractivity contribution in [3.63, 3.8) is 0 Å². The summed E-state index contributed by atoms with van der Waals surface area (Å²) in [5.41, 5.74) is 0.933. The number of anilines is 1. The summed E-state index contributed by atoms with van der Waals surface area (Å²) in [4.78, 5) is 4.72. The van der Waals surface area contributed by atoms with E-state index in [4.69, 9.17) is 23.6 Å². The van der Waals surface area contributed by atoms with E-state index in [1.54, 1.807) is 6.26 Å². The molecule has 1 saturated carbocycles. The summed E-state index contributed by atoms with van der Waals surface area (Å²) < 4.78 is 22.4. The van der Waals surface area contributed by atoms with Crippen molar-refractivity contribution in [2.75, 3.05) is 31.7 Å². The zero-order valence-corrected chi connectivity index (χ0v) is 16.9. The molecule has 2 aromatic rings. The number of furan rings is 1.